The quantitative estimate of drug-likeness (QED) is 0.641. The molecule has 1 aliphatic rings. The summed E-state index contributed by atoms with van der Waals surface area (Å²) >= 11 is 6.34. The van der Waals surface area contributed by atoms with E-state index in [1.165, 1.54) is 0 Å². The second-order valence-electron chi connectivity index (χ2n) is 4.74. The Morgan fingerprint density at radius 2 is 1.94 bits per heavy atom. The molecular weight excluding hydrogens is 224 g/mol. The van der Waals surface area contributed by atoms with Gasteiger partial charge in [-0.2, -0.15) is 0 Å². The first-order valence-electron chi connectivity index (χ1n) is 6.47. The van der Waals surface area contributed by atoms with Crippen LogP contribution >= 0.6 is 11.6 Å². The smallest absolute Gasteiger partial charge is 0.0784 e. The molecule has 0 aromatic heterocycles. The van der Waals surface area contributed by atoms with Crippen molar-refractivity contribution < 1.29 is 9.47 Å². The normalized spacial score (nSPS) is 29.8. The van der Waals surface area contributed by atoms with Gasteiger partial charge < -0.3 is 9.47 Å². The van der Waals surface area contributed by atoms with Crippen LogP contribution in [0.1, 0.15) is 47.0 Å². The summed E-state index contributed by atoms with van der Waals surface area (Å²) in [5.41, 5.74) is 0.196. The fourth-order valence-corrected chi connectivity index (χ4v) is 3.25. The summed E-state index contributed by atoms with van der Waals surface area (Å²) in [5.74, 6) is 0. The molecule has 0 radical (unpaired) electrons. The minimum absolute atomic E-state index is 0.173. The number of halogens is 1. The van der Waals surface area contributed by atoms with Crippen LogP contribution < -0.4 is 0 Å². The van der Waals surface area contributed by atoms with Crippen molar-refractivity contribution in [3.63, 3.8) is 0 Å². The van der Waals surface area contributed by atoms with Gasteiger partial charge in [0.05, 0.1) is 18.8 Å². The molecule has 1 aliphatic carbocycles. The highest BCUT2D eigenvalue weighted by Crippen LogP contribution is 2.52. The molecule has 0 bridgehead atoms. The molecule has 0 heterocycles. The fourth-order valence-electron chi connectivity index (χ4n) is 2.64. The van der Waals surface area contributed by atoms with E-state index in [4.69, 9.17) is 21.1 Å². The largest absolute Gasteiger partial charge is 0.379 e. The molecule has 0 spiro atoms. The molecular formula is C13H25ClO2. The van der Waals surface area contributed by atoms with Crippen LogP contribution in [0.5, 0.6) is 0 Å². The zero-order valence-electron chi connectivity index (χ0n) is 11.0. The van der Waals surface area contributed by atoms with Crippen LogP contribution in [0, 0.1) is 5.41 Å². The molecule has 16 heavy (non-hydrogen) atoms. The molecule has 1 saturated carbocycles. The molecule has 3 atom stereocenters. The molecule has 0 N–H and O–H groups in total. The first kappa shape index (κ1) is 14.3. The van der Waals surface area contributed by atoms with Gasteiger partial charge >= 0.3 is 0 Å². The van der Waals surface area contributed by atoms with Crippen molar-refractivity contribution in [2.75, 3.05) is 13.2 Å². The average molecular weight is 249 g/mol. The Morgan fingerprint density at radius 3 is 2.38 bits per heavy atom. The second kappa shape index (κ2) is 6.23. The van der Waals surface area contributed by atoms with Crippen LogP contribution in [0.15, 0.2) is 0 Å². The lowest BCUT2D eigenvalue weighted by atomic mass is 9.62. The Kier molecular flexibility index (Phi) is 5.55. The van der Waals surface area contributed by atoms with Gasteiger partial charge in [0.2, 0.25) is 0 Å². The molecule has 0 saturated heterocycles. The van der Waals surface area contributed by atoms with Gasteiger partial charge in [-0.25, -0.2) is 0 Å². The summed E-state index contributed by atoms with van der Waals surface area (Å²) in [7, 11) is 0. The number of rotatable bonds is 7. The van der Waals surface area contributed by atoms with E-state index in [2.05, 4.69) is 20.8 Å². The minimum atomic E-state index is 0.173. The molecule has 3 heteroatoms. The topological polar surface area (TPSA) is 18.5 Å². The number of alkyl halides is 1. The van der Waals surface area contributed by atoms with Gasteiger partial charge in [0.1, 0.15) is 0 Å². The lowest BCUT2D eigenvalue weighted by Crippen LogP contribution is -2.56. The average Bonchev–Trinajstić information content (AvgIpc) is 2.27. The molecule has 2 nitrogen and oxygen atoms in total. The Bertz CT molecular complexity index is 204. The Hall–Kier alpha value is 0.210. The zero-order chi connectivity index (χ0) is 12.2. The first-order chi connectivity index (χ1) is 7.60. The molecule has 0 aromatic carbocycles. The monoisotopic (exact) mass is 248 g/mol. The predicted molar refractivity (Wildman–Crippen MR) is 68.1 cm³/mol. The van der Waals surface area contributed by atoms with E-state index in [0.29, 0.717) is 12.7 Å². The predicted octanol–water partition coefficient (Wildman–Crippen LogP) is 3.61. The van der Waals surface area contributed by atoms with Crippen LogP contribution in [0.4, 0.5) is 0 Å². The standard InChI is InChI=1S/C13H25ClO2/c1-5-13(6-2)11(14)8-12(13)16-10(4)9-15-7-3/h10-12H,5-9H2,1-4H3. The van der Waals surface area contributed by atoms with E-state index in [0.717, 1.165) is 25.9 Å². The van der Waals surface area contributed by atoms with Gasteiger partial charge in [-0.15, -0.1) is 11.6 Å². The maximum Gasteiger partial charge on any atom is 0.0784 e. The van der Waals surface area contributed by atoms with Gasteiger partial charge in [0.25, 0.3) is 0 Å². The lowest BCUT2D eigenvalue weighted by molar-refractivity contribution is -0.151. The summed E-state index contributed by atoms with van der Waals surface area (Å²) in [4.78, 5) is 0. The van der Waals surface area contributed by atoms with Gasteiger partial charge in [0.15, 0.2) is 0 Å². The van der Waals surface area contributed by atoms with Gasteiger partial charge in [-0.1, -0.05) is 13.8 Å². The Labute approximate surface area is 105 Å². The van der Waals surface area contributed by atoms with Crippen molar-refractivity contribution in [3.05, 3.63) is 0 Å². The third kappa shape index (κ3) is 2.72. The van der Waals surface area contributed by atoms with Crippen LogP contribution in [0.25, 0.3) is 0 Å². The summed E-state index contributed by atoms with van der Waals surface area (Å²) in [5, 5.41) is 0.284. The summed E-state index contributed by atoms with van der Waals surface area (Å²) in [6.45, 7) is 9.94. The van der Waals surface area contributed by atoms with Gasteiger partial charge in [-0.3, -0.25) is 0 Å². The highest BCUT2D eigenvalue weighted by atomic mass is 35.5. The molecule has 0 aliphatic heterocycles. The Morgan fingerprint density at radius 1 is 1.31 bits per heavy atom. The number of hydrogen-bond donors (Lipinski definition) is 0. The van der Waals surface area contributed by atoms with Crippen molar-refractivity contribution in [2.45, 2.75) is 64.5 Å². The summed E-state index contributed by atoms with van der Waals surface area (Å²) in [6, 6.07) is 0. The van der Waals surface area contributed by atoms with Gasteiger partial charge in [-0.05, 0) is 33.1 Å². The van der Waals surface area contributed by atoms with Crippen LogP contribution in [-0.4, -0.2) is 30.8 Å². The van der Waals surface area contributed by atoms with Crippen molar-refractivity contribution in [1.82, 2.24) is 0 Å². The van der Waals surface area contributed by atoms with Crippen molar-refractivity contribution >= 4 is 11.6 Å². The molecule has 0 amide bonds. The Balaban J connectivity index is 2.43. The van der Waals surface area contributed by atoms with Crippen molar-refractivity contribution in [3.8, 4) is 0 Å². The number of ether oxygens (including phenoxy) is 2. The van der Waals surface area contributed by atoms with E-state index < -0.39 is 0 Å². The van der Waals surface area contributed by atoms with E-state index in [1.807, 2.05) is 6.92 Å². The third-order valence-corrected chi connectivity index (χ3v) is 4.57. The first-order valence-corrected chi connectivity index (χ1v) is 6.91. The maximum atomic E-state index is 6.34. The van der Waals surface area contributed by atoms with Gasteiger partial charge in [0, 0.05) is 17.4 Å². The van der Waals surface area contributed by atoms with E-state index in [9.17, 15) is 0 Å². The summed E-state index contributed by atoms with van der Waals surface area (Å²) < 4.78 is 11.4. The highest BCUT2D eigenvalue weighted by molar-refractivity contribution is 6.21. The molecule has 3 unspecified atom stereocenters. The van der Waals surface area contributed by atoms with E-state index >= 15 is 0 Å². The van der Waals surface area contributed by atoms with Crippen LogP contribution in [-0.2, 0) is 9.47 Å². The maximum absolute atomic E-state index is 6.34. The minimum Gasteiger partial charge on any atom is -0.379 e. The zero-order valence-corrected chi connectivity index (χ0v) is 11.7. The fraction of sp³-hybridized carbons (Fsp3) is 1.00. The molecule has 0 aromatic rings. The third-order valence-electron chi connectivity index (χ3n) is 3.96. The SMILES string of the molecule is CCOCC(C)OC1CC(Cl)C1(CC)CC. The second-order valence-corrected chi connectivity index (χ2v) is 5.27. The van der Waals surface area contributed by atoms with Crippen molar-refractivity contribution in [2.24, 2.45) is 5.41 Å². The van der Waals surface area contributed by atoms with Crippen LogP contribution in [0.2, 0.25) is 0 Å². The lowest BCUT2D eigenvalue weighted by Gasteiger charge is -2.53. The number of hydrogen-bond acceptors (Lipinski definition) is 2. The van der Waals surface area contributed by atoms with E-state index in [-0.39, 0.29) is 16.9 Å². The van der Waals surface area contributed by atoms with Crippen molar-refractivity contribution in [1.29, 1.82) is 0 Å². The summed E-state index contributed by atoms with van der Waals surface area (Å²) in [6.07, 6.45) is 3.68. The van der Waals surface area contributed by atoms with Crippen LogP contribution in [0.3, 0.4) is 0 Å². The molecule has 96 valence electrons. The molecule has 1 fully saturated rings. The highest BCUT2D eigenvalue weighted by Gasteiger charge is 2.52. The molecule has 1 rings (SSSR count). The van der Waals surface area contributed by atoms with E-state index in [1.54, 1.807) is 0 Å².